The Labute approximate surface area is 55.1 Å². The Morgan fingerprint density at radius 2 is 2.11 bits per heavy atom. The zero-order valence-corrected chi connectivity index (χ0v) is 6.31. The molecule has 0 aliphatic heterocycles. The lowest BCUT2D eigenvalue weighted by atomic mass is 10.8. The van der Waals surface area contributed by atoms with Crippen LogP contribution in [0.2, 0.25) is 0 Å². The lowest BCUT2D eigenvalue weighted by Gasteiger charge is -2.04. The molecule has 2 N–H and O–H groups in total. The Hall–Kier alpha value is -0.130. The van der Waals surface area contributed by atoms with E-state index in [1.54, 1.807) is 6.92 Å². The molecule has 0 fully saturated rings. The van der Waals surface area contributed by atoms with Gasteiger partial charge in [0.05, 0.1) is 6.61 Å². The fraction of sp³-hybridized carbons (Fsp3) is 1.00. The number of nitrogens with two attached hydrogens (primary N) is 1. The van der Waals surface area contributed by atoms with Crippen molar-refractivity contribution in [2.45, 2.75) is 19.2 Å². The second kappa shape index (κ2) is 3.14. The molecule has 0 radical (unpaired) electrons. The Balaban J connectivity index is 4.05. The van der Waals surface area contributed by atoms with Crippen LogP contribution in [0.15, 0.2) is 0 Å². The van der Waals surface area contributed by atoms with Crippen LogP contribution in [0.5, 0.6) is 0 Å². The summed E-state index contributed by atoms with van der Waals surface area (Å²) in [6.45, 7) is 3.11. The predicted octanol–water partition coefficient (Wildman–Crippen LogP) is -0.343. The molecule has 1 atom stereocenters. The summed E-state index contributed by atoms with van der Waals surface area (Å²) in [6, 6.07) is 0. The summed E-state index contributed by atoms with van der Waals surface area (Å²) in [5.41, 5.74) is 5.04. The third-order valence-corrected chi connectivity index (χ3v) is 2.21. The van der Waals surface area contributed by atoms with Crippen LogP contribution in [0.3, 0.4) is 0 Å². The maximum atomic E-state index is 10.6. The molecule has 0 aromatic heterocycles. The number of hydrogen-bond acceptors (Lipinski definition) is 4. The van der Waals surface area contributed by atoms with E-state index in [0.29, 0.717) is 0 Å². The van der Waals surface area contributed by atoms with Crippen molar-refractivity contribution in [2.75, 3.05) is 6.61 Å². The predicted molar refractivity (Wildman–Crippen MR) is 34.2 cm³/mol. The van der Waals surface area contributed by atoms with Gasteiger partial charge in [-0.1, -0.05) is 0 Å². The lowest BCUT2D eigenvalue weighted by Crippen LogP contribution is -2.28. The molecule has 56 valence electrons. The van der Waals surface area contributed by atoms with Gasteiger partial charge in [-0.25, -0.2) is 0 Å². The minimum atomic E-state index is -3.47. The molecule has 0 saturated heterocycles. The van der Waals surface area contributed by atoms with Crippen LogP contribution < -0.4 is 5.73 Å². The molecule has 0 heterocycles. The van der Waals surface area contributed by atoms with E-state index in [4.69, 9.17) is 5.73 Å². The van der Waals surface area contributed by atoms with E-state index in [9.17, 15) is 8.42 Å². The summed E-state index contributed by atoms with van der Waals surface area (Å²) in [5, 5.41) is -0.933. The third-order valence-electron chi connectivity index (χ3n) is 0.737. The van der Waals surface area contributed by atoms with Crippen molar-refractivity contribution in [3.05, 3.63) is 0 Å². The molecular formula is C4H11NO3S. The van der Waals surface area contributed by atoms with Crippen molar-refractivity contribution < 1.29 is 12.6 Å². The maximum Gasteiger partial charge on any atom is 0.282 e. The van der Waals surface area contributed by atoms with Crippen molar-refractivity contribution in [3.63, 3.8) is 0 Å². The molecule has 0 aromatic carbocycles. The highest BCUT2D eigenvalue weighted by atomic mass is 32.2. The normalized spacial score (nSPS) is 15.4. The van der Waals surface area contributed by atoms with Gasteiger partial charge in [0, 0.05) is 0 Å². The van der Waals surface area contributed by atoms with E-state index < -0.39 is 15.5 Å². The van der Waals surface area contributed by atoms with Gasteiger partial charge in [-0.15, -0.1) is 0 Å². The van der Waals surface area contributed by atoms with E-state index in [1.165, 1.54) is 6.92 Å². The molecule has 4 nitrogen and oxygen atoms in total. The quantitative estimate of drug-likeness (QED) is 0.563. The van der Waals surface area contributed by atoms with Crippen molar-refractivity contribution in [3.8, 4) is 0 Å². The minimum absolute atomic E-state index is 0.143. The van der Waals surface area contributed by atoms with Gasteiger partial charge >= 0.3 is 0 Å². The van der Waals surface area contributed by atoms with Crippen LogP contribution in [0.25, 0.3) is 0 Å². The van der Waals surface area contributed by atoms with Crippen molar-refractivity contribution in [1.82, 2.24) is 0 Å². The van der Waals surface area contributed by atoms with Gasteiger partial charge in [0.2, 0.25) is 0 Å². The van der Waals surface area contributed by atoms with Gasteiger partial charge < -0.3 is 5.73 Å². The van der Waals surface area contributed by atoms with Crippen molar-refractivity contribution in [2.24, 2.45) is 5.73 Å². The molecule has 0 spiro atoms. The van der Waals surface area contributed by atoms with Crippen LogP contribution in [0.4, 0.5) is 0 Å². The van der Waals surface area contributed by atoms with Gasteiger partial charge in [-0.2, -0.15) is 8.42 Å². The van der Waals surface area contributed by atoms with E-state index in [0.717, 1.165) is 0 Å². The maximum absolute atomic E-state index is 10.6. The first kappa shape index (κ1) is 8.87. The average molecular weight is 153 g/mol. The fourth-order valence-electron chi connectivity index (χ4n) is 0.272. The molecule has 0 saturated carbocycles. The topological polar surface area (TPSA) is 69.4 Å². The van der Waals surface area contributed by atoms with Gasteiger partial charge in [-0.3, -0.25) is 4.18 Å². The number of rotatable bonds is 3. The first-order valence-corrected chi connectivity index (χ1v) is 4.11. The number of hydrogen-bond donors (Lipinski definition) is 1. The standard InChI is InChI=1S/C4H11NO3S/c1-3-8-9(6,7)4(2)5/h4H,3,5H2,1-2H3. The summed E-state index contributed by atoms with van der Waals surface area (Å²) in [4.78, 5) is 0. The fourth-order valence-corrected chi connectivity index (χ4v) is 0.815. The third kappa shape index (κ3) is 2.78. The Morgan fingerprint density at radius 3 is 2.22 bits per heavy atom. The summed E-state index contributed by atoms with van der Waals surface area (Å²) >= 11 is 0. The summed E-state index contributed by atoms with van der Waals surface area (Å²) in [6.07, 6.45) is 0. The molecule has 0 bridgehead atoms. The SMILES string of the molecule is CCOS(=O)(=O)C(C)N. The molecule has 0 aliphatic carbocycles. The molecule has 1 unspecified atom stereocenters. The zero-order chi connectivity index (χ0) is 7.49. The molecular weight excluding hydrogens is 142 g/mol. The lowest BCUT2D eigenvalue weighted by molar-refractivity contribution is 0.332. The average Bonchev–Trinajstić information content (AvgIpc) is 1.65. The molecule has 0 rings (SSSR count). The Bertz CT molecular complexity index is 161. The van der Waals surface area contributed by atoms with Gasteiger partial charge in [0.15, 0.2) is 0 Å². The first-order chi connectivity index (χ1) is 4.00. The Morgan fingerprint density at radius 1 is 1.67 bits per heavy atom. The first-order valence-electron chi connectivity index (χ1n) is 2.64. The molecule has 0 aliphatic rings. The molecule has 5 heteroatoms. The van der Waals surface area contributed by atoms with Crippen LogP contribution in [-0.2, 0) is 14.3 Å². The van der Waals surface area contributed by atoms with E-state index in [1.807, 2.05) is 0 Å². The zero-order valence-electron chi connectivity index (χ0n) is 5.49. The molecule has 0 aromatic rings. The van der Waals surface area contributed by atoms with Gasteiger partial charge in [0.1, 0.15) is 5.37 Å². The van der Waals surface area contributed by atoms with Crippen LogP contribution >= 0.6 is 0 Å². The van der Waals surface area contributed by atoms with Crippen LogP contribution in [0.1, 0.15) is 13.8 Å². The molecule has 9 heavy (non-hydrogen) atoms. The van der Waals surface area contributed by atoms with Crippen molar-refractivity contribution >= 4 is 10.1 Å². The van der Waals surface area contributed by atoms with Gasteiger partial charge in [0.25, 0.3) is 10.1 Å². The summed E-state index contributed by atoms with van der Waals surface area (Å²) in [7, 11) is -3.47. The largest absolute Gasteiger partial charge is 0.313 e. The van der Waals surface area contributed by atoms with Crippen LogP contribution in [-0.4, -0.2) is 20.4 Å². The van der Waals surface area contributed by atoms with E-state index >= 15 is 0 Å². The Kier molecular flexibility index (Phi) is 3.10. The monoisotopic (exact) mass is 153 g/mol. The highest BCUT2D eigenvalue weighted by Crippen LogP contribution is 1.95. The van der Waals surface area contributed by atoms with Crippen molar-refractivity contribution in [1.29, 1.82) is 0 Å². The van der Waals surface area contributed by atoms with E-state index in [-0.39, 0.29) is 6.61 Å². The smallest absolute Gasteiger partial charge is 0.282 e. The molecule has 0 amide bonds. The summed E-state index contributed by atoms with van der Waals surface area (Å²) in [5.74, 6) is 0. The van der Waals surface area contributed by atoms with Gasteiger partial charge in [-0.05, 0) is 13.8 Å². The minimum Gasteiger partial charge on any atom is -0.313 e. The second-order valence-corrected chi connectivity index (χ2v) is 3.57. The second-order valence-electron chi connectivity index (χ2n) is 1.60. The highest BCUT2D eigenvalue weighted by Gasteiger charge is 2.15. The summed E-state index contributed by atoms with van der Waals surface area (Å²) < 4.78 is 25.5. The van der Waals surface area contributed by atoms with Crippen LogP contribution in [0, 0.1) is 0 Å². The van der Waals surface area contributed by atoms with E-state index in [2.05, 4.69) is 4.18 Å². The highest BCUT2D eigenvalue weighted by molar-refractivity contribution is 7.87.